The lowest BCUT2D eigenvalue weighted by Crippen LogP contribution is -2.44. The van der Waals surface area contributed by atoms with Crippen LogP contribution in [0.2, 0.25) is 0 Å². The molecule has 1 aliphatic rings. The number of carbonyl (C=O) groups is 1. The van der Waals surface area contributed by atoms with Crippen molar-refractivity contribution in [2.24, 2.45) is 5.92 Å². The second-order valence-corrected chi connectivity index (χ2v) is 8.19. The van der Waals surface area contributed by atoms with Crippen molar-refractivity contribution in [2.75, 3.05) is 39.1 Å². The minimum Gasteiger partial charge on any atom is -0.493 e. The van der Waals surface area contributed by atoms with E-state index in [4.69, 9.17) is 9.47 Å². The van der Waals surface area contributed by atoms with Crippen LogP contribution < -0.4 is 14.8 Å². The second-order valence-electron chi connectivity index (χ2n) is 6.18. The Morgan fingerprint density at radius 3 is 2.81 bits per heavy atom. The Bertz CT molecular complexity index is 720. The van der Waals surface area contributed by atoms with Crippen molar-refractivity contribution in [2.45, 2.75) is 12.8 Å². The standard InChI is InChI=1S/C18H26N2O5S/c1-3-11-26(22,23)20-10-6-7-15(13-20)12-19-18(21)14-25-17-9-5-4-8-16(17)24-2/h3-5,8-9,15H,1,6-7,10-14H2,2H3,(H,19,21)/t15-/m1/s1. The van der Waals surface area contributed by atoms with Crippen LogP contribution in [0.25, 0.3) is 0 Å². The maximum atomic E-state index is 12.1. The molecule has 0 bridgehead atoms. The monoisotopic (exact) mass is 382 g/mol. The molecule has 1 amide bonds. The zero-order valence-corrected chi connectivity index (χ0v) is 15.8. The highest BCUT2D eigenvalue weighted by atomic mass is 32.2. The van der Waals surface area contributed by atoms with Gasteiger partial charge in [0.05, 0.1) is 12.9 Å². The predicted octanol–water partition coefficient (Wildman–Crippen LogP) is 1.42. The van der Waals surface area contributed by atoms with E-state index >= 15 is 0 Å². The molecule has 144 valence electrons. The number of benzene rings is 1. The highest BCUT2D eigenvalue weighted by Crippen LogP contribution is 2.25. The van der Waals surface area contributed by atoms with Crippen LogP contribution in [0.1, 0.15) is 12.8 Å². The summed E-state index contributed by atoms with van der Waals surface area (Å²) in [6.45, 7) is 4.74. The van der Waals surface area contributed by atoms with Crippen molar-refractivity contribution < 1.29 is 22.7 Å². The number of nitrogens with one attached hydrogen (secondary N) is 1. The second kappa shape index (κ2) is 9.59. The zero-order chi connectivity index (χ0) is 19.0. The Morgan fingerprint density at radius 2 is 2.12 bits per heavy atom. The molecule has 1 aromatic rings. The van der Waals surface area contributed by atoms with Gasteiger partial charge in [0.1, 0.15) is 0 Å². The Kier molecular flexibility index (Phi) is 7.47. The number of hydrogen-bond acceptors (Lipinski definition) is 5. The summed E-state index contributed by atoms with van der Waals surface area (Å²) in [5.74, 6) is 0.861. The molecule has 1 saturated heterocycles. The molecule has 0 aromatic heterocycles. The van der Waals surface area contributed by atoms with E-state index in [1.54, 1.807) is 18.2 Å². The average Bonchev–Trinajstić information content (AvgIpc) is 2.65. The van der Waals surface area contributed by atoms with Gasteiger partial charge in [-0.15, -0.1) is 6.58 Å². The number of amides is 1. The summed E-state index contributed by atoms with van der Waals surface area (Å²) < 4.78 is 36.4. The van der Waals surface area contributed by atoms with E-state index in [0.29, 0.717) is 31.1 Å². The molecule has 1 atom stereocenters. The molecule has 2 rings (SSSR count). The number of carbonyl (C=O) groups excluding carboxylic acids is 1. The van der Waals surface area contributed by atoms with Gasteiger partial charge in [0.25, 0.3) is 5.91 Å². The fraction of sp³-hybridized carbons (Fsp3) is 0.500. The fourth-order valence-electron chi connectivity index (χ4n) is 2.89. The number of ether oxygens (including phenoxy) is 2. The third-order valence-corrected chi connectivity index (χ3v) is 5.99. The summed E-state index contributed by atoms with van der Waals surface area (Å²) in [5, 5.41) is 2.82. The first kappa shape index (κ1) is 20.3. The predicted molar refractivity (Wildman–Crippen MR) is 99.8 cm³/mol. The van der Waals surface area contributed by atoms with E-state index in [1.807, 2.05) is 6.07 Å². The molecule has 0 radical (unpaired) electrons. The lowest BCUT2D eigenvalue weighted by molar-refractivity contribution is -0.123. The first-order valence-electron chi connectivity index (χ1n) is 8.57. The van der Waals surface area contributed by atoms with Crippen LogP contribution in [-0.4, -0.2) is 57.7 Å². The van der Waals surface area contributed by atoms with Gasteiger partial charge in [-0.3, -0.25) is 4.79 Å². The maximum Gasteiger partial charge on any atom is 0.257 e. The lowest BCUT2D eigenvalue weighted by atomic mass is 10.00. The van der Waals surface area contributed by atoms with Gasteiger partial charge in [0, 0.05) is 19.6 Å². The topological polar surface area (TPSA) is 84.9 Å². The molecule has 7 nitrogen and oxygen atoms in total. The van der Waals surface area contributed by atoms with Crippen molar-refractivity contribution in [1.82, 2.24) is 9.62 Å². The first-order chi connectivity index (χ1) is 12.5. The van der Waals surface area contributed by atoms with Crippen molar-refractivity contribution in [3.8, 4) is 11.5 Å². The minimum absolute atomic E-state index is 0.0567. The highest BCUT2D eigenvalue weighted by Gasteiger charge is 2.28. The quantitative estimate of drug-likeness (QED) is 0.653. The molecule has 0 unspecified atom stereocenters. The van der Waals surface area contributed by atoms with E-state index in [1.165, 1.54) is 17.5 Å². The molecule has 8 heteroatoms. The van der Waals surface area contributed by atoms with E-state index in [2.05, 4.69) is 11.9 Å². The smallest absolute Gasteiger partial charge is 0.257 e. The van der Waals surface area contributed by atoms with Crippen molar-refractivity contribution in [3.05, 3.63) is 36.9 Å². The zero-order valence-electron chi connectivity index (χ0n) is 15.0. The highest BCUT2D eigenvalue weighted by molar-refractivity contribution is 7.89. The number of hydrogen-bond donors (Lipinski definition) is 1. The van der Waals surface area contributed by atoms with Crippen LogP contribution in [0.15, 0.2) is 36.9 Å². The summed E-state index contributed by atoms with van der Waals surface area (Å²) >= 11 is 0. The molecular weight excluding hydrogens is 356 g/mol. The molecule has 1 aliphatic heterocycles. The van der Waals surface area contributed by atoms with E-state index < -0.39 is 10.0 Å². The van der Waals surface area contributed by atoms with Gasteiger partial charge in [0.15, 0.2) is 18.1 Å². The van der Waals surface area contributed by atoms with Gasteiger partial charge in [-0.2, -0.15) is 0 Å². The molecule has 26 heavy (non-hydrogen) atoms. The van der Waals surface area contributed by atoms with Gasteiger partial charge < -0.3 is 14.8 Å². The van der Waals surface area contributed by atoms with Crippen LogP contribution in [0.3, 0.4) is 0 Å². The Labute approximate surface area is 155 Å². The van der Waals surface area contributed by atoms with Crippen molar-refractivity contribution in [3.63, 3.8) is 0 Å². The molecular formula is C18H26N2O5S. The number of nitrogens with zero attached hydrogens (tertiary/aromatic N) is 1. The Balaban J connectivity index is 1.79. The summed E-state index contributed by atoms with van der Waals surface area (Å²) in [6, 6.07) is 7.11. The van der Waals surface area contributed by atoms with Gasteiger partial charge >= 0.3 is 0 Å². The number of piperidine rings is 1. The summed E-state index contributed by atoms with van der Waals surface area (Å²) in [5.41, 5.74) is 0. The van der Waals surface area contributed by atoms with Crippen LogP contribution in [-0.2, 0) is 14.8 Å². The number of sulfonamides is 1. The van der Waals surface area contributed by atoms with Gasteiger partial charge in [0.2, 0.25) is 10.0 Å². The maximum absolute atomic E-state index is 12.1. The number of rotatable bonds is 9. The molecule has 1 N–H and O–H groups in total. The fourth-order valence-corrected chi connectivity index (χ4v) is 4.24. The van der Waals surface area contributed by atoms with Crippen LogP contribution in [0.4, 0.5) is 0 Å². The van der Waals surface area contributed by atoms with Crippen LogP contribution in [0, 0.1) is 5.92 Å². The molecule has 1 heterocycles. The molecule has 1 aromatic carbocycles. The molecule has 1 fully saturated rings. The lowest BCUT2D eigenvalue weighted by Gasteiger charge is -2.31. The molecule has 0 aliphatic carbocycles. The van der Waals surface area contributed by atoms with Crippen LogP contribution >= 0.6 is 0 Å². The van der Waals surface area contributed by atoms with Gasteiger partial charge in [-0.05, 0) is 30.9 Å². The van der Waals surface area contributed by atoms with Crippen molar-refractivity contribution >= 4 is 15.9 Å². The van der Waals surface area contributed by atoms with E-state index in [9.17, 15) is 13.2 Å². The summed E-state index contributed by atoms with van der Waals surface area (Å²) in [6.07, 6.45) is 3.07. The first-order valence-corrected chi connectivity index (χ1v) is 10.2. The van der Waals surface area contributed by atoms with Crippen molar-refractivity contribution in [1.29, 1.82) is 0 Å². The molecule has 0 saturated carbocycles. The van der Waals surface area contributed by atoms with E-state index in [-0.39, 0.29) is 24.2 Å². The number of para-hydroxylation sites is 2. The minimum atomic E-state index is -3.29. The third kappa shape index (κ3) is 5.74. The third-order valence-electron chi connectivity index (χ3n) is 4.22. The Hall–Kier alpha value is -2.06. The van der Waals surface area contributed by atoms with Crippen LogP contribution in [0.5, 0.6) is 11.5 Å². The summed E-state index contributed by atoms with van der Waals surface area (Å²) in [7, 11) is -1.76. The summed E-state index contributed by atoms with van der Waals surface area (Å²) in [4.78, 5) is 12.0. The van der Waals surface area contributed by atoms with E-state index in [0.717, 1.165) is 12.8 Å². The number of methoxy groups -OCH3 is 1. The average molecular weight is 382 g/mol. The largest absolute Gasteiger partial charge is 0.493 e. The SMILES string of the molecule is C=CCS(=O)(=O)N1CCC[C@H](CNC(=O)COc2ccccc2OC)C1. The van der Waals surface area contributed by atoms with Gasteiger partial charge in [-0.25, -0.2) is 12.7 Å². The molecule has 0 spiro atoms. The normalized spacial score (nSPS) is 18.1. The Morgan fingerprint density at radius 1 is 1.38 bits per heavy atom. The van der Waals surface area contributed by atoms with Gasteiger partial charge in [-0.1, -0.05) is 18.2 Å².